The van der Waals surface area contributed by atoms with Crippen molar-refractivity contribution in [3.05, 3.63) is 88.1 Å². The van der Waals surface area contributed by atoms with Gasteiger partial charge in [0, 0.05) is 18.7 Å². The third-order valence-electron chi connectivity index (χ3n) is 4.91. The summed E-state index contributed by atoms with van der Waals surface area (Å²) in [5.74, 6) is 0.0972. The van der Waals surface area contributed by atoms with E-state index in [0.29, 0.717) is 18.7 Å². The van der Waals surface area contributed by atoms with Crippen LogP contribution in [0.1, 0.15) is 29.9 Å². The zero-order valence-electron chi connectivity index (χ0n) is 17.2. The number of hydrogen-bond donors (Lipinski definition) is 0. The lowest BCUT2D eigenvalue weighted by atomic mass is 10.1. The minimum atomic E-state index is -0.413. The maximum atomic E-state index is 13.2. The van der Waals surface area contributed by atoms with Crippen molar-refractivity contribution in [2.45, 2.75) is 26.3 Å². The topological polar surface area (TPSA) is 64.4 Å². The fourth-order valence-corrected chi connectivity index (χ4v) is 3.31. The fraction of sp³-hybridized carbons (Fsp3) is 0.261. The standard InChI is InChI=1S/C23H24FN3O3/c1-4-26(16(2)15-17-5-11-20(30-3)12-6-17)23(29)21-13-14-22(28)27(25-21)19-9-7-18(24)8-10-19/h5-14,16H,4,15H2,1-3H3. The molecule has 1 heterocycles. The summed E-state index contributed by atoms with van der Waals surface area (Å²) in [7, 11) is 1.62. The second kappa shape index (κ2) is 9.35. The van der Waals surface area contributed by atoms with Gasteiger partial charge in [0.25, 0.3) is 11.5 Å². The summed E-state index contributed by atoms with van der Waals surface area (Å²) in [6.07, 6.45) is 0.668. The lowest BCUT2D eigenvalue weighted by molar-refractivity contribution is 0.0695. The van der Waals surface area contributed by atoms with E-state index in [2.05, 4.69) is 5.10 Å². The number of nitrogens with zero attached hydrogens (tertiary/aromatic N) is 3. The van der Waals surface area contributed by atoms with Gasteiger partial charge in [0.15, 0.2) is 0 Å². The average molecular weight is 409 g/mol. The van der Waals surface area contributed by atoms with Gasteiger partial charge in [-0.1, -0.05) is 12.1 Å². The molecule has 1 aromatic heterocycles. The van der Waals surface area contributed by atoms with Gasteiger partial charge in [-0.25, -0.2) is 4.39 Å². The lowest BCUT2D eigenvalue weighted by Crippen LogP contribution is -2.40. The maximum absolute atomic E-state index is 13.2. The van der Waals surface area contributed by atoms with Crippen molar-refractivity contribution in [3.63, 3.8) is 0 Å². The van der Waals surface area contributed by atoms with Crippen molar-refractivity contribution in [3.8, 4) is 11.4 Å². The minimum Gasteiger partial charge on any atom is -0.497 e. The smallest absolute Gasteiger partial charge is 0.274 e. The third-order valence-corrected chi connectivity index (χ3v) is 4.91. The van der Waals surface area contributed by atoms with E-state index in [1.807, 2.05) is 38.1 Å². The zero-order chi connectivity index (χ0) is 21.7. The number of carbonyl (C=O) groups excluding carboxylic acids is 1. The van der Waals surface area contributed by atoms with Gasteiger partial charge in [0.1, 0.15) is 17.3 Å². The van der Waals surface area contributed by atoms with Crippen LogP contribution in [0.2, 0.25) is 0 Å². The molecule has 156 valence electrons. The monoisotopic (exact) mass is 409 g/mol. The summed E-state index contributed by atoms with van der Waals surface area (Å²) in [6, 6.07) is 15.7. The Hall–Kier alpha value is -3.48. The summed E-state index contributed by atoms with van der Waals surface area (Å²) in [5.41, 5.74) is 1.24. The van der Waals surface area contributed by atoms with Gasteiger partial charge >= 0.3 is 0 Å². The second-order valence-electron chi connectivity index (χ2n) is 6.94. The van der Waals surface area contributed by atoms with Crippen LogP contribution in [-0.4, -0.2) is 40.3 Å². The molecule has 30 heavy (non-hydrogen) atoms. The Morgan fingerprint density at radius 1 is 1.10 bits per heavy atom. The van der Waals surface area contributed by atoms with Crippen LogP contribution in [-0.2, 0) is 6.42 Å². The molecule has 1 amide bonds. The third kappa shape index (κ3) is 4.74. The van der Waals surface area contributed by atoms with Crippen molar-refractivity contribution in [1.29, 1.82) is 0 Å². The lowest BCUT2D eigenvalue weighted by Gasteiger charge is -2.28. The molecule has 0 radical (unpaired) electrons. The van der Waals surface area contributed by atoms with Crippen LogP contribution in [0.4, 0.5) is 4.39 Å². The largest absolute Gasteiger partial charge is 0.497 e. The molecular weight excluding hydrogens is 385 g/mol. The van der Waals surface area contributed by atoms with Crippen molar-refractivity contribution < 1.29 is 13.9 Å². The molecule has 3 rings (SSSR count). The van der Waals surface area contributed by atoms with Crippen molar-refractivity contribution in [2.75, 3.05) is 13.7 Å². The van der Waals surface area contributed by atoms with Crippen LogP contribution in [0.3, 0.4) is 0 Å². The van der Waals surface area contributed by atoms with Crippen molar-refractivity contribution in [2.24, 2.45) is 0 Å². The highest BCUT2D eigenvalue weighted by molar-refractivity contribution is 5.92. The van der Waals surface area contributed by atoms with Gasteiger partial charge in [0.2, 0.25) is 0 Å². The molecule has 1 atom stereocenters. The number of amides is 1. The predicted octanol–water partition coefficient (Wildman–Crippen LogP) is 3.47. The highest BCUT2D eigenvalue weighted by Crippen LogP contribution is 2.16. The summed E-state index contributed by atoms with van der Waals surface area (Å²) in [5, 5.41) is 4.23. The molecule has 6 nitrogen and oxygen atoms in total. The molecule has 7 heteroatoms. The normalized spacial score (nSPS) is 11.7. The zero-order valence-corrected chi connectivity index (χ0v) is 17.2. The summed E-state index contributed by atoms with van der Waals surface area (Å²) in [6.45, 7) is 4.37. The first-order valence-electron chi connectivity index (χ1n) is 9.73. The molecule has 2 aromatic carbocycles. The number of carbonyl (C=O) groups is 1. The first-order valence-corrected chi connectivity index (χ1v) is 9.73. The quantitative estimate of drug-likeness (QED) is 0.599. The Morgan fingerprint density at radius 2 is 1.77 bits per heavy atom. The molecule has 0 spiro atoms. The molecule has 0 fully saturated rings. The van der Waals surface area contributed by atoms with Crippen LogP contribution < -0.4 is 10.3 Å². The highest BCUT2D eigenvalue weighted by atomic mass is 19.1. The van der Waals surface area contributed by atoms with Crippen LogP contribution >= 0.6 is 0 Å². The fourth-order valence-electron chi connectivity index (χ4n) is 3.31. The van der Waals surface area contributed by atoms with Crippen LogP contribution in [0.15, 0.2) is 65.5 Å². The number of aromatic nitrogens is 2. The highest BCUT2D eigenvalue weighted by Gasteiger charge is 2.22. The van der Waals surface area contributed by atoms with Gasteiger partial charge in [-0.2, -0.15) is 9.78 Å². The van der Waals surface area contributed by atoms with E-state index in [1.165, 1.54) is 36.4 Å². The van der Waals surface area contributed by atoms with Gasteiger partial charge < -0.3 is 9.64 Å². The molecular formula is C23H24FN3O3. The van der Waals surface area contributed by atoms with E-state index in [4.69, 9.17) is 4.74 Å². The summed E-state index contributed by atoms with van der Waals surface area (Å²) >= 11 is 0. The van der Waals surface area contributed by atoms with E-state index in [0.717, 1.165) is 16.0 Å². The first kappa shape index (κ1) is 21.2. The number of halogens is 1. The number of likely N-dealkylation sites (N-methyl/N-ethyl adjacent to an activating group) is 1. The molecule has 0 aliphatic rings. The molecule has 0 saturated heterocycles. The van der Waals surface area contributed by atoms with E-state index < -0.39 is 11.4 Å². The molecule has 0 bridgehead atoms. The maximum Gasteiger partial charge on any atom is 0.274 e. The molecule has 0 aliphatic carbocycles. The molecule has 0 N–H and O–H groups in total. The van der Waals surface area contributed by atoms with E-state index in [-0.39, 0.29) is 17.6 Å². The number of hydrogen-bond acceptors (Lipinski definition) is 4. The van der Waals surface area contributed by atoms with Gasteiger partial charge in [-0.3, -0.25) is 9.59 Å². The Bertz CT molecular complexity index is 1060. The minimum absolute atomic E-state index is 0.0797. The Morgan fingerprint density at radius 3 is 2.37 bits per heavy atom. The molecule has 1 unspecified atom stereocenters. The first-order chi connectivity index (χ1) is 14.4. The average Bonchev–Trinajstić information content (AvgIpc) is 2.75. The molecule has 0 aliphatic heterocycles. The Balaban J connectivity index is 1.83. The Kier molecular flexibility index (Phi) is 6.61. The number of rotatable bonds is 7. The van der Waals surface area contributed by atoms with E-state index in [9.17, 15) is 14.0 Å². The second-order valence-corrected chi connectivity index (χ2v) is 6.94. The number of benzene rings is 2. The van der Waals surface area contributed by atoms with Gasteiger partial charge in [-0.05, 0) is 68.3 Å². The number of methoxy groups -OCH3 is 1. The van der Waals surface area contributed by atoms with Crippen LogP contribution in [0.25, 0.3) is 5.69 Å². The van der Waals surface area contributed by atoms with Gasteiger partial charge in [0.05, 0.1) is 12.8 Å². The van der Waals surface area contributed by atoms with Crippen LogP contribution in [0.5, 0.6) is 5.75 Å². The Labute approximate surface area is 174 Å². The molecule has 3 aromatic rings. The van der Waals surface area contributed by atoms with Gasteiger partial charge in [-0.15, -0.1) is 0 Å². The van der Waals surface area contributed by atoms with Crippen molar-refractivity contribution in [1.82, 2.24) is 14.7 Å². The van der Waals surface area contributed by atoms with E-state index in [1.54, 1.807) is 12.0 Å². The van der Waals surface area contributed by atoms with E-state index >= 15 is 0 Å². The predicted molar refractivity (Wildman–Crippen MR) is 113 cm³/mol. The molecule has 0 saturated carbocycles. The van der Waals surface area contributed by atoms with Crippen LogP contribution in [0, 0.1) is 5.82 Å². The summed E-state index contributed by atoms with van der Waals surface area (Å²) < 4.78 is 19.5. The van der Waals surface area contributed by atoms with Crippen molar-refractivity contribution >= 4 is 5.91 Å². The SMILES string of the molecule is CCN(C(=O)c1ccc(=O)n(-c2ccc(F)cc2)n1)C(C)Cc1ccc(OC)cc1. The summed E-state index contributed by atoms with van der Waals surface area (Å²) in [4.78, 5) is 27.1. The number of ether oxygens (including phenoxy) is 1.